The highest BCUT2D eigenvalue weighted by molar-refractivity contribution is 5.06. The van der Waals surface area contributed by atoms with Crippen LogP contribution in [0.25, 0.3) is 0 Å². The first kappa shape index (κ1) is 28.7. The highest BCUT2D eigenvalue weighted by Gasteiger charge is 2.46. The molecule has 2 atom stereocenters. The van der Waals surface area contributed by atoms with Gasteiger partial charge >= 0.3 is 0 Å². The van der Waals surface area contributed by atoms with Crippen LogP contribution in [0.4, 0.5) is 0 Å². The van der Waals surface area contributed by atoms with Crippen LogP contribution < -0.4 is 0 Å². The average Bonchev–Trinajstić information content (AvgIpc) is 3.34. The van der Waals surface area contributed by atoms with Gasteiger partial charge in [-0.2, -0.15) is 0 Å². The molecule has 1 fully saturated rings. The summed E-state index contributed by atoms with van der Waals surface area (Å²) in [5, 5.41) is 0. The summed E-state index contributed by atoms with van der Waals surface area (Å²) in [4.78, 5) is 0. The molecule has 0 N–H and O–H groups in total. The summed E-state index contributed by atoms with van der Waals surface area (Å²) in [5.41, 5.74) is 6.14. The molecule has 1 saturated heterocycles. The van der Waals surface area contributed by atoms with Gasteiger partial charge in [0.15, 0.2) is 0 Å². The highest BCUT2D eigenvalue weighted by atomic mass is 16.6. The molecule has 0 aromatic heterocycles. The fourth-order valence-corrected chi connectivity index (χ4v) is 4.22. The molecule has 0 aromatic carbocycles. The second kappa shape index (κ2) is 15.5. The van der Waals surface area contributed by atoms with Crippen LogP contribution in [0, 0.1) is 5.92 Å². The molecule has 0 radical (unpaired) electrons. The van der Waals surface area contributed by atoms with Gasteiger partial charge in [0.2, 0.25) is 0 Å². The topological polar surface area (TPSA) is 12.5 Å². The first-order valence-corrected chi connectivity index (χ1v) is 13.0. The molecule has 0 aromatic rings. The third kappa shape index (κ3) is 13.9. The van der Waals surface area contributed by atoms with E-state index >= 15 is 0 Å². The van der Waals surface area contributed by atoms with E-state index in [1.165, 1.54) is 74.5 Å². The molecular formula is C31H52O. The Balaban J connectivity index is 2.15. The smallest absolute Gasteiger partial charge is 0.0892 e. The van der Waals surface area contributed by atoms with E-state index in [-0.39, 0.29) is 5.60 Å². The van der Waals surface area contributed by atoms with Crippen molar-refractivity contribution < 1.29 is 4.74 Å². The monoisotopic (exact) mass is 440 g/mol. The normalized spacial score (nSPS) is 19.6. The second-order valence-corrected chi connectivity index (χ2v) is 10.8. The SMILES string of the molecule is C=CC(CCC=C(C)C)CCC/C(C)=C/CC/C=C(\C)CCC=C(C)CCC1OC1(C)C. The molecule has 1 heteroatoms. The molecule has 0 amide bonds. The van der Waals surface area contributed by atoms with Crippen LogP contribution in [0.3, 0.4) is 0 Å². The minimum atomic E-state index is 0.131. The van der Waals surface area contributed by atoms with Gasteiger partial charge in [0.25, 0.3) is 0 Å². The van der Waals surface area contributed by atoms with Gasteiger partial charge in [0.1, 0.15) is 0 Å². The van der Waals surface area contributed by atoms with E-state index in [9.17, 15) is 0 Å². The van der Waals surface area contributed by atoms with E-state index in [4.69, 9.17) is 4.74 Å². The molecule has 32 heavy (non-hydrogen) atoms. The number of rotatable bonds is 17. The van der Waals surface area contributed by atoms with E-state index in [0.717, 1.165) is 12.8 Å². The Labute approximate surface area is 200 Å². The average molecular weight is 441 g/mol. The van der Waals surface area contributed by atoms with Crippen LogP contribution >= 0.6 is 0 Å². The first-order chi connectivity index (χ1) is 15.1. The summed E-state index contributed by atoms with van der Waals surface area (Å²) < 4.78 is 5.68. The fraction of sp³-hybridized carbons (Fsp3) is 0.677. The predicted octanol–water partition coefficient (Wildman–Crippen LogP) is 10.1. The highest BCUT2D eigenvalue weighted by Crippen LogP contribution is 2.38. The molecule has 1 aliphatic heterocycles. The van der Waals surface area contributed by atoms with Crippen LogP contribution in [-0.2, 0) is 4.74 Å². The number of unbranched alkanes of at least 4 members (excludes halogenated alkanes) is 1. The summed E-state index contributed by atoms with van der Waals surface area (Å²) in [6.45, 7) is 19.6. The maximum absolute atomic E-state index is 5.68. The zero-order valence-corrected chi connectivity index (χ0v) is 22.4. The standard InChI is InChI=1S/C31H52O/c1-9-29(21-12-15-25(2)3)22-14-20-27(5)17-11-10-16-26(4)18-13-19-28(6)23-24-30-31(7,8)32-30/h9,15-17,19,29-30H,1,10-14,18,20-24H2,2-8H3/b26-16+,27-17+,28-19?. The quantitative estimate of drug-likeness (QED) is 0.124. The number of epoxide rings is 1. The lowest BCUT2D eigenvalue weighted by Crippen LogP contribution is -2.02. The number of hydrogen-bond donors (Lipinski definition) is 0. The zero-order valence-electron chi connectivity index (χ0n) is 22.4. The Morgan fingerprint density at radius 1 is 0.781 bits per heavy atom. The summed E-state index contributed by atoms with van der Waals surface area (Å²) >= 11 is 0. The van der Waals surface area contributed by atoms with Gasteiger partial charge in [0, 0.05) is 0 Å². The van der Waals surface area contributed by atoms with Crippen molar-refractivity contribution in [2.24, 2.45) is 5.92 Å². The Morgan fingerprint density at radius 3 is 1.91 bits per heavy atom. The summed E-state index contributed by atoms with van der Waals surface area (Å²) in [6.07, 6.45) is 25.5. The summed E-state index contributed by atoms with van der Waals surface area (Å²) in [5.74, 6) is 0.663. The molecule has 1 aliphatic rings. The van der Waals surface area contributed by atoms with Crippen LogP contribution in [0.2, 0.25) is 0 Å². The van der Waals surface area contributed by atoms with Crippen molar-refractivity contribution in [1.82, 2.24) is 0 Å². The molecule has 182 valence electrons. The van der Waals surface area contributed by atoms with Gasteiger partial charge in [-0.1, -0.05) is 52.7 Å². The fourth-order valence-electron chi connectivity index (χ4n) is 4.22. The van der Waals surface area contributed by atoms with Crippen LogP contribution in [0.15, 0.2) is 59.3 Å². The summed E-state index contributed by atoms with van der Waals surface area (Å²) in [7, 11) is 0. The van der Waals surface area contributed by atoms with Crippen molar-refractivity contribution in [2.75, 3.05) is 0 Å². The van der Waals surface area contributed by atoms with Gasteiger partial charge in [-0.15, -0.1) is 6.58 Å². The Morgan fingerprint density at radius 2 is 1.34 bits per heavy atom. The van der Waals surface area contributed by atoms with Crippen molar-refractivity contribution in [3.63, 3.8) is 0 Å². The lowest BCUT2D eigenvalue weighted by molar-refractivity contribution is 0.320. The van der Waals surface area contributed by atoms with Crippen molar-refractivity contribution in [3.05, 3.63) is 59.3 Å². The Hall–Kier alpha value is -1.34. The third-order valence-electron chi connectivity index (χ3n) is 6.72. The minimum Gasteiger partial charge on any atom is -0.367 e. The second-order valence-electron chi connectivity index (χ2n) is 10.8. The van der Waals surface area contributed by atoms with E-state index in [2.05, 4.69) is 85.4 Å². The van der Waals surface area contributed by atoms with Crippen LogP contribution in [0.5, 0.6) is 0 Å². The number of hydrogen-bond acceptors (Lipinski definition) is 1. The maximum atomic E-state index is 5.68. The Kier molecular flexibility index (Phi) is 13.9. The van der Waals surface area contributed by atoms with E-state index < -0.39 is 0 Å². The molecule has 2 unspecified atom stereocenters. The molecule has 0 aliphatic carbocycles. The number of allylic oxidation sites excluding steroid dienone is 9. The van der Waals surface area contributed by atoms with Crippen molar-refractivity contribution in [1.29, 1.82) is 0 Å². The van der Waals surface area contributed by atoms with E-state index in [0.29, 0.717) is 12.0 Å². The summed E-state index contributed by atoms with van der Waals surface area (Å²) in [6, 6.07) is 0. The van der Waals surface area contributed by atoms with Gasteiger partial charge in [0.05, 0.1) is 11.7 Å². The van der Waals surface area contributed by atoms with Gasteiger partial charge in [-0.05, 0) is 125 Å². The maximum Gasteiger partial charge on any atom is 0.0892 e. The van der Waals surface area contributed by atoms with Crippen molar-refractivity contribution in [2.45, 2.75) is 131 Å². The molecule has 1 nitrogen and oxygen atoms in total. The molecule has 1 heterocycles. The van der Waals surface area contributed by atoms with Crippen LogP contribution in [-0.4, -0.2) is 11.7 Å². The lowest BCUT2D eigenvalue weighted by Gasteiger charge is -2.11. The molecular weight excluding hydrogens is 388 g/mol. The van der Waals surface area contributed by atoms with Gasteiger partial charge in [-0.3, -0.25) is 0 Å². The molecule has 1 rings (SSSR count). The lowest BCUT2D eigenvalue weighted by atomic mass is 9.95. The third-order valence-corrected chi connectivity index (χ3v) is 6.72. The largest absolute Gasteiger partial charge is 0.367 e. The van der Waals surface area contributed by atoms with E-state index in [1.807, 2.05) is 0 Å². The van der Waals surface area contributed by atoms with Gasteiger partial charge < -0.3 is 4.74 Å². The minimum absolute atomic E-state index is 0.131. The van der Waals surface area contributed by atoms with Crippen molar-refractivity contribution in [3.8, 4) is 0 Å². The van der Waals surface area contributed by atoms with Crippen LogP contribution in [0.1, 0.15) is 119 Å². The molecule has 0 saturated carbocycles. The first-order valence-electron chi connectivity index (χ1n) is 13.0. The van der Waals surface area contributed by atoms with Crippen molar-refractivity contribution >= 4 is 0 Å². The van der Waals surface area contributed by atoms with E-state index in [1.54, 1.807) is 5.57 Å². The Bertz CT molecular complexity index is 667. The molecule has 0 spiro atoms. The number of ether oxygens (including phenoxy) is 1. The molecule has 0 bridgehead atoms. The predicted molar refractivity (Wildman–Crippen MR) is 144 cm³/mol. The van der Waals surface area contributed by atoms with Gasteiger partial charge in [-0.25, -0.2) is 0 Å². The zero-order chi connectivity index (χ0) is 24.0.